The van der Waals surface area contributed by atoms with Gasteiger partial charge in [-0.05, 0) is 31.4 Å². The van der Waals surface area contributed by atoms with E-state index in [0.29, 0.717) is 29.1 Å². The summed E-state index contributed by atoms with van der Waals surface area (Å²) in [5.41, 5.74) is 7.67. The fraction of sp³-hybridized carbons (Fsp3) is 0.375. The van der Waals surface area contributed by atoms with Crippen LogP contribution in [0.4, 0.5) is 11.5 Å². The predicted molar refractivity (Wildman–Crippen MR) is 85.6 cm³/mol. The molecule has 5 heteroatoms. The molecule has 21 heavy (non-hydrogen) atoms. The van der Waals surface area contributed by atoms with Crippen molar-refractivity contribution in [2.24, 2.45) is 5.92 Å². The van der Waals surface area contributed by atoms with Crippen LogP contribution in [-0.4, -0.2) is 16.5 Å². The summed E-state index contributed by atoms with van der Waals surface area (Å²) in [6, 6.07) is 7.74. The first-order valence-electron chi connectivity index (χ1n) is 7.15. The molecule has 0 saturated heterocycles. The van der Waals surface area contributed by atoms with Gasteiger partial charge < -0.3 is 15.8 Å². The van der Waals surface area contributed by atoms with Gasteiger partial charge in [-0.3, -0.25) is 0 Å². The Labute approximate surface area is 125 Å². The van der Waals surface area contributed by atoms with Crippen LogP contribution in [0.25, 0.3) is 0 Å². The van der Waals surface area contributed by atoms with E-state index in [2.05, 4.69) is 29.1 Å². The lowest BCUT2D eigenvalue weighted by atomic mass is 10.1. The number of ether oxygens (including phenoxy) is 1. The molecule has 112 valence electrons. The Hall–Kier alpha value is -2.30. The molecule has 0 aliphatic heterocycles. The highest BCUT2D eigenvalue weighted by atomic mass is 16.5. The van der Waals surface area contributed by atoms with E-state index >= 15 is 0 Å². The molecule has 0 spiro atoms. The van der Waals surface area contributed by atoms with Crippen molar-refractivity contribution in [3.63, 3.8) is 0 Å². The van der Waals surface area contributed by atoms with Crippen LogP contribution in [0.1, 0.15) is 25.8 Å². The number of nitrogens with zero attached hydrogens (tertiary/aromatic N) is 2. The Kier molecular flexibility index (Phi) is 4.98. The molecule has 2 aromatic rings. The number of rotatable bonds is 6. The van der Waals surface area contributed by atoms with Crippen LogP contribution in [0.3, 0.4) is 0 Å². The quantitative estimate of drug-likeness (QED) is 0.848. The van der Waals surface area contributed by atoms with Crippen molar-refractivity contribution >= 4 is 11.5 Å². The van der Waals surface area contributed by atoms with Crippen molar-refractivity contribution in [1.29, 1.82) is 0 Å². The van der Waals surface area contributed by atoms with Gasteiger partial charge in [0.25, 0.3) is 0 Å². The Balaban J connectivity index is 2.08. The van der Waals surface area contributed by atoms with E-state index in [4.69, 9.17) is 10.5 Å². The number of aromatic nitrogens is 2. The molecule has 0 atom stereocenters. The average molecular weight is 286 g/mol. The normalized spacial score (nSPS) is 10.7. The molecular formula is C16H22N4O. The number of nitrogens with two attached hydrogens (primary N) is 1. The van der Waals surface area contributed by atoms with Crippen molar-refractivity contribution < 1.29 is 4.74 Å². The Morgan fingerprint density at radius 2 is 1.90 bits per heavy atom. The fourth-order valence-electron chi connectivity index (χ4n) is 1.80. The molecular weight excluding hydrogens is 264 g/mol. The fourth-order valence-corrected chi connectivity index (χ4v) is 1.80. The van der Waals surface area contributed by atoms with E-state index in [1.165, 1.54) is 11.9 Å². The molecule has 1 aromatic heterocycles. The summed E-state index contributed by atoms with van der Waals surface area (Å²) in [4.78, 5) is 8.27. The number of nitrogens with one attached hydrogen (secondary N) is 1. The lowest BCUT2D eigenvalue weighted by Gasteiger charge is -2.12. The maximum Gasteiger partial charge on any atom is 0.248 e. The van der Waals surface area contributed by atoms with Crippen molar-refractivity contribution in [2.45, 2.75) is 27.2 Å². The number of nitrogen functional groups attached to an aromatic ring is 1. The molecule has 0 unspecified atom stereocenters. The zero-order valence-electron chi connectivity index (χ0n) is 12.8. The second kappa shape index (κ2) is 6.92. The molecule has 0 amide bonds. The highest BCUT2D eigenvalue weighted by Gasteiger charge is 2.10. The van der Waals surface area contributed by atoms with E-state index < -0.39 is 0 Å². The predicted octanol–water partition coefficient (Wildman–Crippen LogP) is 3.62. The molecule has 3 N–H and O–H groups in total. The van der Waals surface area contributed by atoms with Gasteiger partial charge in [-0.25, -0.2) is 4.98 Å². The Morgan fingerprint density at radius 1 is 1.19 bits per heavy atom. The summed E-state index contributed by atoms with van der Waals surface area (Å²) >= 11 is 0. The largest absolute Gasteiger partial charge is 0.437 e. The molecule has 1 aromatic carbocycles. The molecule has 0 radical (unpaired) electrons. The lowest BCUT2D eigenvalue weighted by molar-refractivity contribution is 0.464. The topological polar surface area (TPSA) is 73.1 Å². The van der Waals surface area contributed by atoms with E-state index in [1.54, 1.807) is 0 Å². The SMILES string of the molecule is Cc1ccc(Oc2ncnc(NCCC(C)C)c2N)cc1. The van der Waals surface area contributed by atoms with Crippen LogP contribution in [0, 0.1) is 12.8 Å². The number of hydrogen-bond acceptors (Lipinski definition) is 5. The second-order valence-electron chi connectivity index (χ2n) is 5.47. The number of benzene rings is 1. The van der Waals surface area contributed by atoms with Gasteiger partial charge in [-0.15, -0.1) is 0 Å². The molecule has 2 rings (SSSR count). The van der Waals surface area contributed by atoms with Crippen LogP contribution < -0.4 is 15.8 Å². The van der Waals surface area contributed by atoms with Crippen LogP contribution in [-0.2, 0) is 0 Å². The first kappa shape index (κ1) is 15.1. The zero-order chi connectivity index (χ0) is 15.2. The zero-order valence-corrected chi connectivity index (χ0v) is 12.8. The maximum absolute atomic E-state index is 6.07. The minimum absolute atomic E-state index is 0.376. The minimum atomic E-state index is 0.376. The van der Waals surface area contributed by atoms with Crippen molar-refractivity contribution in [1.82, 2.24) is 9.97 Å². The third kappa shape index (κ3) is 4.34. The number of aryl methyl sites for hydroxylation is 1. The van der Waals surface area contributed by atoms with Crippen LogP contribution in [0.15, 0.2) is 30.6 Å². The molecule has 0 saturated carbocycles. The lowest BCUT2D eigenvalue weighted by Crippen LogP contribution is -2.09. The summed E-state index contributed by atoms with van der Waals surface area (Å²) in [7, 11) is 0. The summed E-state index contributed by atoms with van der Waals surface area (Å²) < 4.78 is 5.72. The number of anilines is 2. The van der Waals surface area contributed by atoms with E-state index in [-0.39, 0.29) is 0 Å². The number of hydrogen-bond donors (Lipinski definition) is 2. The molecule has 0 bridgehead atoms. The third-order valence-corrected chi connectivity index (χ3v) is 3.10. The highest BCUT2D eigenvalue weighted by molar-refractivity contribution is 5.66. The van der Waals surface area contributed by atoms with Gasteiger partial charge in [-0.2, -0.15) is 4.98 Å². The summed E-state index contributed by atoms with van der Waals surface area (Å²) in [5.74, 6) is 2.33. The van der Waals surface area contributed by atoms with Crippen molar-refractivity contribution in [2.75, 3.05) is 17.6 Å². The average Bonchev–Trinajstić information content (AvgIpc) is 2.45. The monoisotopic (exact) mass is 286 g/mol. The Morgan fingerprint density at radius 3 is 2.57 bits per heavy atom. The smallest absolute Gasteiger partial charge is 0.248 e. The van der Waals surface area contributed by atoms with Gasteiger partial charge in [0, 0.05) is 6.54 Å². The maximum atomic E-state index is 6.07. The molecule has 5 nitrogen and oxygen atoms in total. The van der Waals surface area contributed by atoms with Crippen LogP contribution in [0.2, 0.25) is 0 Å². The minimum Gasteiger partial charge on any atom is -0.437 e. The van der Waals surface area contributed by atoms with Crippen molar-refractivity contribution in [3.8, 4) is 11.6 Å². The van der Waals surface area contributed by atoms with E-state index in [1.807, 2.05) is 31.2 Å². The van der Waals surface area contributed by atoms with Crippen LogP contribution in [0.5, 0.6) is 11.6 Å². The van der Waals surface area contributed by atoms with E-state index in [0.717, 1.165) is 13.0 Å². The summed E-state index contributed by atoms with van der Waals surface area (Å²) in [6.45, 7) is 7.20. The van der Waals surface area contributed by atoms with Crippen LogP contribution >= 0.6 is 0 Å². The first-order chi connectivity index (χ1) is 10.1. The Bertz CT molecular complexity index is 581. The van der Waals surface area contributed by atoms with Gasteiger partial charge in [0.05, 0.1) is 0 Å². The molecule has 1 heterocycles. The third-order valence-electron chi connectivity index (χ3n) is 3.10. The van der Waals surface area contributed by atoms with Gasteiger partial charge >= 0.3 is 0 Å². The molecule has 0 aliphatic rings. The van der Waals surface area contributed by atoms with Crippen molar-refractivity contribution in [3.05, 3.63) is 36.2 Å². The first-order valence-corrected chi connectivity index (χ1v) is 7.15. The van der Waals surface area contributed by atoms with E-state index in [9.17, 15) is 0 Å². The molecule has 0 fully saturated rings. The van der Waals surface area contributed by atoms with Gasteiger partial charge in [0.15, 0.2) is 5.82 Å². The second-order valence-corrected chi connectivity index (χ2v) is 5.47. The summed E-state index contributed by atoms with van der Waals surface area (Å²) in [5, 5.41) is 3.22. The van der Waals surface area contributed by atoms with Gasteiger partial charge in [0.2, 0.25) is 5.88 Å². The summed E-state index contributed by atoms with van der Waals surface area (Å²) in [6.07, 6.45) is 2.51. The van der Waals surface area contributed by atoms with Gasteiger partial charge in [0.1, 0.15) is 17.8 Å². The van der Waals surface area contributed by atoms with Gasteiger partial charge in [-0.1, -0.05) is 31.5 Å². The highest BCUT2D eigenvalue weighted by Crippen LogP contribution is 2.29. The standard InChI is InChI=1S/C16H22N4O/c1-11(2)8-9-18-15-14(17)16(20-10-19-15)21-13-6-4-12(3)5-7-13/h4-7,10-11H,8-9,17H2,1-3H3,(H,18,19,20). The molecule has 0 aliphatic carbocycles.